The molecule has 5 rings (SSSR count). The zero-order valence-corrected chi connectivity index (χ0v) is 21.8. The van der Waals surface area contributed by atoms with Gasteiger partial charge in [-0.25, -0.2) is 14.3 Å². The van der Waals surface area contributed by atoms with Crippen LogP contribution in [0.4, 0.5) is 11.8 Å². The van der Waals surface area contributed by atoms with Crippen LogP contribution in [0.3, 0.4) is 0 Å². The Bertz CT molecular complexity index is 1560. The molecule has 226 valence electrons. The third-order valence-corrected chi connectivity index (χ3v) is 7.32. The zero-order valence-electron chi connectivity index (χ0n) is 20.9. The fourth-order valence-corrected chi connectivity index (χ4v) is 5.39. The number of phosphoric acid groups is 1. The first-order valence-corrected chi connectivity index (χ1v) is 13.1. The quantitative estimate of drug-likeness (QED) is 0.111. The van der Waals surface area contributed by atoms with Gasteiger partial charge in [0.05, 0.1) is 19.5 Å². The normalized spacial score (nSPS) is 31.2. The highest BCUT2D eigenvalue weighted by atomic mass is 31.2. The van der Waals surface area contributed by atoms with Gasteiger partial charge in [0, 0.05) is 6.20 Å². The van der Waals surface area contributed by atoms with E-state index in [1.807, 2.05) is 0 Å². The summed E-state index contributed by atoms with van der Waals surface area (Å²) < 4.78 is 35.8. The summed E-state index contributed by atoms with van der Waals surface area (Å²) in [6.07, 6.45) is -9.84. The minimum absolute atomic E-state index is 0. The van der Waals surface area contributed by atoms with Crippen LogP contribution < -0.4 is 28.9 Å². The van der Waals surface area contributed by atoms with Crippen LogP contribution in [-0.2, 0) is 23.1 Å². The van der Waals surface area contributed by atoms with Crippen molar-refractivity contribution in [2.24, 2.45) is 0 Å². The molecule has 3 aromatic rings. The SMILES string of the molecule is N.Nc1ccn(C2OC(COP(=O)(O)OC3C(CO)OC(n4cnc5c(=O)[nH]c(N)nc54)C3O)C(O)C2O)c(=O)n1. The van der Waals surface area contributed by atoms with E-state index in [-0.39, 0.29) is 29.1 Å². The van der Waals surface area contributed by atoms with Gasteiger partial charge in [0.15, 0.2) is 23.6 Å². The van der Waals surface area contributed by atoms with E-state index in [0.717, 1.165) is 15.5 Å². The number of nitrogens with zero attached hydrogens (tertiary/aromatic N) is 5. The van der Waals surface area contributed by atoms with Gasteiger partial charge >= 0.3 is 13.5 Å². The number of nitrogens with two attached hydrogens (primary N) is 2. The Balaban J connectivity index is 0.00000387. The zero-order chi connectivity index (χ0) is 28.9. The molecule has 0 aliphatic carbocycles. The van der Waals surface area contributed by atoms with Gasteiger partial charge in [0.1, 0.15) is 42.4 Å². The van der Waals surface area contributed by atoms with Crippen molar-refractivity contribution in [1.29, 1.82) is 0 Å². The molecular weight excluding hydrogens is 577 g/mol. The molecule has 0 aromatic carbocycles. The monoisotopic (exact) mass is 605 g/mol. The van der Waals surface area contributed by atoms with E-state index in [4.69, 9.17) is 30.0 Å². The number of rotatable bonds is 8. The summed E-state index contributed by atoms with van der Waals surface area (Å²) in [7, 11) is -5.04. The van der Waals surface area contributed by atoms with Crippen molar-refractivity contribution in [3.8, 4) is 0 Å². The average molecular weight is 605 g/mol. The van der Waals surface area contributed by atoms with E-state index in [2.05, 4.69) is 19.9 Å². The minimum atomic E-state index is -5.04. The maximum absolute atomic E-state index is 12.8. The number of anilines is 2. The number of aromatic amines is 1. The third-order valence-electron chi connectivity index (χ3n) is 6.33. The molecule has 22 heteroatoms. The van der Waals surface area contributed by atoms with Gasteiger partial charge < -0.3 is 52.4 Å². The number of phosphoric ester groups is 1. The Morgan fingerprint density at radius 3 is 2.41 bits per heavy atom. The first-order chi connectivity index (χ1) is 18.9. The van der Waals surface area contributed by atoms with Crippen molar-refractivity contribution < 1.29 is 48.4 Å². The van der Waals surface area contributed by atoms with Crippen LogP contribution in [0.2, 0.25) is 0 Å². The lowest BCUT2D eigenvalue weighted by molar-refractivity contribution is -0.0609. The average Bonchev–Trinajstić information content (AvgIpc) is 3.53. The van der Waals surface area contributed by atoms with Crippen LogP contribution >= 0.6 is 7.82 Å². The molecule has 0 amide bonds. The van der Waals surface area contributed by atoms with E-state index < -0.39 is 81.4 Å². The molecule has 0 radical (unpaired) electrons. The fourth-order valence-electron chi connectivity index (χ4n) is 4.42. The number of aliphatic hydroxyl groups is 4. The number of aromatic nitrogens is 6. The number of nitrogens with one attached hydrogen (secondary N) is 1. The third kappa shape index (κ3) is 5.73. The van der Waals surface area contributed by atoms with Crippen molar-refractivity contribution in [3.05, 3.63) is 39.4 Å². The molecule has 5 heterocycles. The molecule has 2 aliphatic heterocycles. The van der Waals surface area contributed by atoms with Crippen LogP contribution in [0.1, 0.15) is 12.5 Å². The van der Waals surface area contributed by atoms with Gasteiger partial charge in [-0.1, -0.05) is 0 Å². The molecule has 41 heavy (non-hydrogen) atoms. The second-order valence-corrected chi connectivity index (χ2v) is 10.3. The number of nitrogen functional groups attached to an aromatic ring is 2. The van der Waals surface area contributed by atoms with E-state index in [0.29, 0.717) is 0 Å². The van der Waals surface area contributed by atoms with Crippen molar-refractivity contribution in [2.45, 2.75) is 49.1 Å². The van der Waals surface area contributed by atoms with Gasteiger partial charge in [-0.05, 0) is 6.07 Å². The molecular formula is C19H28N9O12P. The first kappa shape index (κ1) is 30.6. The molecule has 21 nitrogen and oxygen atoms in total. The molecule has 9 unspecified atom stereocenters. The standard InChI is InChI=1S/C19H25N8O12P.H3N/c20-8-1-2-26(19(33)23-8)16-11(30)10(29)7(38-16)4-36-40(34,35)39-13-6(3-28)37-17(12(13)31)27-5-22-9-14(27)24-18(21)25-15(9)32;/h1-2,5-7,10-13,16-17,28-31H,3-4H2,(H,34,35)(H2,20,23,33)(H3,21,24,25,32);1H3. The number of ether oxygens (including phenoxy) is 2. The highest BCUT2D eigenvalue weighted by Gasteiger charge is 2.50. The summed E-state index contributed by atoms with van der Waals surface area (Å²) in [6.45, 7) is -1.56. The predicted molar refractivity (Wildman–Crippen MR) is 134 cm³/mol. The van der Waals surface area contributed by atoms with Crippen molar-refractivity contribution in [2.75, 3.05) is 24.7 Å². The molecule has 0 bridgehead atoms. The summed E-state index contributed by atoms with van der Waals surface area (Å²) in [5.41, 5.74) is 9.29. The Labute approximate surface area is 228 Å². The Morgan fingerprint density at radius 1 is 1.05 bits per heavy atom. The smallest absolute Gasteiger partial charge is 0.394 e. The van der Waals surface area contributed by atoms with Gasteiger partial charge in [0.25, 0.3) is 5.56 Å². The Kier molecular flexibility index (Phi) is 8.59. The molecule has 3 aromatic heterocycles. The highest BCUT2D eigenvalue weighted by molar-refractivity contribution is 7.47. The summed E-state index contributed by atoms with van der Waals surface area (Å²) in [4.78, 5) is 48.1. The largest absolute Gasteiger partial charge is 0.472 e. The van der Waals surface area contributed by atoms with Crippen LogP contribution in [-0.4, -0.2) is 104 Å². The lowest BCUT2D eigenvalue weighted by Gasteiger charge is -2.23. The van der Waals surface area contributed by atoms with E-state index >= 15 is 0 Å². The van der Waals surface area contributed by atoms with E-state index in [1.165, 1.54) is 12.3 Å². The molecule has 13 N–H and O–H groups in total. The Hall–Kier alpha value is -3.34. The van der Waals surface area contributed by atoms with Crippen molar-refractivity contribution in [3.63, 3.8) is 0 Å². The lowest BCUT2D eigenvalue weighted by Crippen LogP contribution is -2.37. The van der Waals surface area contributed by atoms with Gasteiger partial charge in [0.2, 0.25) is 5.95 Å². The van der Waals surface area contributed by atoms with Crippen LogP contribution in [0.15, 0.2) is 28.2 Å². The number of hydrogen-bond acceptors (Lipinski definition) is 17. The summed E-state index contributed by atoms with van der Waals surface area (Å²) in [5, 5.41) is 41.3. The maximum atomic E-state index is 12.8. The van der Waals surface area contributed by atoms with Gasteiger partial charge in [-0.15, -0.1) is 0 Å². The van der Waals surface area contributed by atoms with Gasteiger partial charge in [-0.2, -0.15) is 9.97 Å². The van der Waals surface area contributed by atoms with E-state index in [9.17, 15) is 39.5 Å². The van der Waals surface area contributed by atoms with Crippen LogP contribution in [0.5, 0.6) is 0 Å². The molecule has 0 saturated carbocycles. The molecule has 2 saturated heterocycles. The van der Waals surface area contributed by atoms with Gasteiger partial charge in [-0.3, -0.25) is 28.0 Å². The Morgan fingerprint density at radius 2 is 1.73 bits per heavy atom. The molecule has 2 fully saturated rings. The number of aliphatic hydroxyl groups excluding tert-OH is 4. The maximum Gasteiger partial charge on any atom is 0.472 e. The number of fused-ring (bicyclic) bond motifs is 1. The van der Waals surface area contributed by atoms with Crippen molar-refractivity contribution in [1.82, 2.24) is 35.2 Å². The second kappa shape index (κ2) is 11.5. The second-order valence-electron chi connectivity index (χ2n) is 8.94. The number of H-pyrrole nitrogens is 1. The van der Waals surface area contributed by atoms with Crippen LogP contribution in [0.25, 0.3) is 11.2 Å². The predicted octanol–water partition coefficient (Wildman–Crippen LogP) is -3.93. The highest BCUT2D eigenvalue weighted by Crippen LogP contribution is 2.49. The summed E-state index contributed by atoms with van der Waals surface area (Å²) in [5.74, 6) is -0.322. The molecule has 9 atom stereocenters. The van der Waals surface area contributed by atoms with Crippen molar-refractivity contribution >= 4 is 30.8 Å². The fraction of sp³-hybridized carbons (Fsp3) is 0.526. The number of imidazole rings is 1. The molecule has 0 spiro atoms. The van der Waals surface area contributed by atoms with E-state index in [1.54, 1.807) is 0 Å². The minimum Gasteiger partial charge on any atom is -0.394 e. The number of hydrogen-bond donors (Lipinski definition) is 9. The first-order valence-electron chi connectivity index (χ1n) is 11.6. The lowest BCUT2D eigenvalue weighted by atomic mass is 10.1. The van der Waals surface area contributed by atoms with Crippen LogP contribution in [0, 0.1) is 0 Å². The molecule has 2 aliphatic rings. The topological polar surface area (TPSA) is 341 Å². The summed E-state index contributed by atoms with van der Waals surface area (Å²) >= 11 is 0. The summed E-state index contributed by atoms with van der Waals surface area (Å²) in [6, 6.07) is 1.26.